The molecule has 3 rings (SSSR count). The largest absolute Gasteiger partial charge is 0.480 e. The zero-order valence-electron chi connectivity index (χ0n) is 9.06. The number of ether oxygens (including phenoxy) is 1. The first-order valence-corrected chi connectivity index (χ1v) is 6.23. The second kappa shape index (κ2) is 4.37. The number of nitrogens with zero attached hydrogens (tertiary/aromatic N) is 1. The number of benzene rings is 1. The van der Waals surface area contributed by atoms with Gasteiger partial charge in [0.15, 0.2) is 11.6 Å². The average molecular weight is 291 g/mol. The monoisotopic (exact) mass is 290 g/mol. The van der Waals surface area contributed by atoms with Crippen LogP contribution < -0.4 is 10.1 Å². The molecule has 1 aromatic heterocycles. The third-order valence-corrected chi connectivity index (χ3v) is 3.27. The zero-order valence-corrected chi connectivity index (χ0v) is 10.6. The number of rotatable bonds is 1. The van der Waals surface area contributed by atoms with E-state index in [0.717, 1.165) is 28.1 Å². The van der Waals surface area contributed by atoms with Gasteiger partial charge in [-0.15, -0.1) is 0 Å². The predicted octanol–water partition coefficient (Wildman–Crippen LogP) is 3.39. The molecule has 0 radical (unpaired) electrons. The molecule has 17 heavy (non-hydrogen) atoms. The van der Waals surface area contributed by atoms with Crippen LogP contribution in [0.4, 0.5) is 5.82 Å². The summed E-state index contributed by atoms with van der Waals surface area (Å²) in [6, 6.07) is 12.0. The number of halogens is 1. The van der Waals surface area contributed by atoms with Crippen molar-refractivity contribution in [2.75, 3.05) is 11.9 Å². The highest BCUT2D eigenvalue weighted by atomic mass is 79.9. The Labute approximate surface area is 108 Å². The Morgan fingerprint density at radius 2 is 2.06 bits per heavy atom. The third-order valence-electron chi connectivity index (χ3n) is 2.74. The lowest BCUT2D eigenvalue weighted by Gasteiger charge is -2.26. The van der Waals surface area contributed by atoms with Gasteiger partial charge in [-0.3, -0.25) is 0 Å². The molecule has 0 amide bonds. The van der Waals surface area contributed by atoms with Crippen LogP contribution in [0.15, 0.2) is 47.1 Å². The van der Waals surface area contributed by atoms with Crippen molar-refractivity contribution in [1.82, 2.24) is 4.98 Å². The summed E-state index contributed by atoms with van der Waals surface area (Å²) in [4.78, 5) is 4.22. The number of aromatic nitrogens is 1. The van der Waals surface area contributed by atoms with Gasteiger partial charge in [0.25, 0.3) is 0 Å². The summed E-state index contributed by atoms with van der Waals surface area (Å²) >= 11 is 3.43. The van der Waals surface area contributed by atoms with Crippen LogP contribution in [0.2, 0.25) is 0 Å². The highest BCUT2D eigenvalue weighted by molar-refractivity contribution is 9.10. The van der Waals surface area contributed by atoms with E-state index in [2.05, 4.69) is 38.4 Å². The van der Waals surface area contributed by atoms with E-state index in [-0.39, 0.29) is 6.10 Å². The second-order valence-corrected chi connectivity index (χ2v) is 4.80. The van der Waals surface area contributed by atoms with Crippen molar-refractivity contribution < 1.29 is 4.74 Å². The van der Waals surface area contributed by atoms with Crippen molar-refractivity contribution in [1.29, 1.82) is 0 Å². The summed E-state index contributed by atoms with van der Waals surface area (Å²) in [6.45, 7) is 0.742. The number of nitrogens with one attached hydrogen (secondary N) is 1. The number of pyridine rings is 1. The van der Waals surface area contributed by atoms with Crippen LogP contribution in [0.1, 0.15) is 11.7 Å². The van der Waals surface area contributed by atoms with Crippen LogP contribution in [-0.2, 0) is 0 Å². The van der Waals surface area contributed by atoms with Gasteiger partial charge in [-0.25, -0.2) is 4.98 Å². The molecule has 2 aromatic rings. The van der Waals surface area contributed by atoms with Gasteiger partial charge >= 0.3 is 0 Å². The summed E-state index contributed by atoms with van der Waals surface area (Å²) in [5, 5.41) is 3.28. The van der Waals surface area contributed by atoms with E-state index in [1.165, 1.54) is 0 Å². The third kappa shape index (κ3) is 2.13. The molecule has 0 bridgehead atoms. The van der Waals surface area contributed by atoms with Crippen LogP contribution in [0.3, 0.4) is 0 Å². The fourth-order valence-corrected chi connectivity index (χ4v) is 2.13. The zero-order chi connectivity index (χ0) is 11.7. The Bertz CT molecular complexity index is 527. The van der Waals surface area contributed by atoms with Crippen molar-refractivity contribution in [3.05, 3.63) is 52.6 Å². The number of hydrogen-bond donors (Lipinski definition) is 1. The van der Waals surface area contributed by atoms with Gasteiger partial charge in [-0.1, -0.05) is 28.1 Å². The van der Waals surface area contributed by atoms with E-state index in [1.807, 2.05) is 24.3 Å². The molecule has 1 aliphatic heterocycles. The first kappa shape index (κ1) is 10.6. The van der Waals surface area contributed by atoms with Crippen molar-refractivity contribution in [3.63, 3.8) is 0 Å². The molecule has 0 spiro atoms. The fraction of sp³-hybridized carbons (Fsp3) is 0.154. The van der Waals surface area contributed by atoms with Crippen molar-refractivity contribution in [2.24, 2.45) is 0 Å². The molecule has 1 atom stereocenters. The quantitative estimate of drug-likeness (QED) is 0.874. The summed E-state index contributed by atoms with van der Waals surface area (Å²) < 4.78 is 6.99. The molecule has 1 aliphatic rings. The molecule has 86 valence electrons. The maximum absolute atomic E-state index is 5.92. The highest BCUT2D eigenvalue weighted by Crippen LogP contribution is 2.32. The Kier molecular flexibility index (Phi) is 2.73. The van der Waals surface area contributed by atoms with Crippen molar-refractivity contribution >= 4 is 21.7 Å². The maximum Gasteiger partial charge on any atom is 0.168 e. The minimum absolute atomic E-state index is 0.0415. The number of hydrogen-bond acceptors (Lipinski definition) is 3. The summed E-state index contributed by atoms with van der Waals surface area (Å²) in [7, 11) is 0. The van der Waals surface area contributed by atoms with E-state index in [9.17, 15) is 0 Å². The molecule has 0 fully saturated rings. The normalized spacial score (nSPS) is 17.8. The highest BCUT2D eigenvalue weighted by Gasteiger charge is 2.20. The van der Waals surface area contributed by atoms with Crippen LogP contribution in [0, 0.1) is 0 Å². The number of fused-ring (bicyclic) bond motifs is 1. The maximum atomic E-state index is 5.92. The number of anilines is 1. The SMILES string of the molecule is Brc1ccc(C2CNc3ncccc3O2)cc1. The van der Waals surface area contributed by atoms with E-state index in [4.69, 9.17) is 4.74 Å². The van der Waals surface area contributed by atoms with Gasteiger partial charge in [0.05, 0.1) is 6.54 Å². The van der Waals surface area contributed by atoms with Gasteiger partial charge in [0.1, 0.15) is 6.10 Å². The van der Waals surface area contributed by atoms with Gasteiger partial charge in [-0.05, 0) is 29.8 Å². The molecule has 0 saturated carbocycles. The molecule has 0 aliphatic carbocycles. The minimum Gasteiger partial charge on any atom is -0.480 e. The van der Waals surface area contributed by atoms with Gasteiger partial charge in [0, 0.05) is 10.7 Å². The molecule has 1 unspecified atom stereocenters. The van der Waals surface area contributed by atoms with E-state index in [0.29, 0.717) is 0 Å². The Balaban J connectivity index is 1.86. The fourth-order valence-electron chi connectivity index (χ4n) is 1.87. The average Bonchev–Trinajstić information content (AvgIpc) is 2.39. The molecular formula is C13H11BrN2O. The lowest BCUT2D eigenvalue weighted by molar-refractivity contribution is 0.209. The minimum atomic E-state index is 0.0415. The molecule has 3 nitrogen and oxygen atoms in total. The predicted molar refractivity (Wildman–Crippen MR) is 70.2 cm³/mol. The summed E-state index contributed by atoms with van der Waals surface area (Å²) in [6.07, 6.45) is 1.80. The van der Waals surface area contributed by atoms with Gasteiger partial charge in [0.2, 0.25) is 0 Å². The smallest absolute Gasteiger partial charge is 0.168 e. The van der Waals surface area contributed by atoms with Gasteiger partial charge in [-0.2, -0.15) is 0 Å². The molecule has 1 aromatic carbocycles. The molecule has 1 N–H and O–H groups in total. The van der Waals surface area contributed by atoms with Crippen LogP contribution in [-0.4, -0.2) is 11.5 Å². The first-order valence-electron chi connectivity index (χ1n) is 5.44. The van der Waals surface area contributed by atoms with Crippen molar-refractivity contribution in [3.8, 4) is 5.75 Å². The summed E-state index contributed by atoms with van der Waals surface area (Å²) in [5.41, 5.74) is 1.16. The van der Waals surface area contributed by atoms with Gasteiger partial charge < -0.3 is 10.1 Å². The first-order chi connectivity index (χ1) is 8.33. The Morgan fingerprint density at radius 3 is 2.88 bits per heavy atom. The standard InChI is InChI=1S/C13H11BrN2O/c14-10-5-3-9(4-6-10)12-8-16-13-11(17-12)2-1-7-15-13/h1-7,12H,8H2,(H,15,16). The van der Waals surface area contributed by atoms with Crippen LogP contribution >= 0.6 is 15.9 Å². The second-order valence-electron chi connectivity index (χ2n) is 3.89. The Hall–Kier alpha value is -1.55. The molecular weight excluding hydrogens is 280 g/mol. The van der Waals surface area contributed by atoms with Crippen LogP contribution in [0.25, 0.3) is 0 Å². The van der Waals surface area contributed by atoms with E-state index in [1.54, 1.807) is 6.20 Å². The summed E-state index contributed by atoms with van der Waals surface area (Å²) in [5.74, 6) is 1.63. The van der Waals surface area contributed by atoms with E-state index < -0.39 is 0 Å². The molecule has 2 heterocycles. The molecule has 0 saturated heterocycles. The van der Waals surface area contributed by atoms with Crippen LogP contribution in [0.5, 0.6) is 5.75 Å². The van der Waals surface area contributed by atoms with Crippen molar-refractivity contribution in [2.45, 2.75) is 6.10 Å². The van der Waals surface area contributed by atoms with E-state index >= 15 is 0 Å². The lowest BCUT2D eigenvalue weighted by Crippen LogP contribution is -2.24. The Morgan fingerprint density at radius 1 is 1.24 bits per heavy atom. The topological polar surface area (TPSA) is 34.2 Å². The molecule has 4 heteroatoms. The lowest BCUT2D eigenvalue weighted by atomic mass is 10.1.